The lowest BCUT2D eigenvalue weighted by atomic mass is 10.3. The van der Waals surface area contributed by atoms with Gasteiger partial charge in [0.1, 0.15) is 0 Å². The zero-order valence-electron chi connectivity index (χ0n) is 14.2. The smallest absolute Gasteiger partial charge is 0.292 e. The summed E-state index contributed by atoms with van der Waals surface area (Å²) in [5, 5.41) is 16.9. The fourth-order valence-electron chi connectivity index (χ4n) is 2.07. The summed E-state index contributed by atoms with van der Waals surface area (Å²) in [6, 6.07) is 9.91. The third kappa shape index (κ3) is 4.77. The molecule has 0 atom stereocenters. The van der Waals surface area contributed by atoms with Crippen molar-refractivity contribution in [2.75, 3.05) is 25.6 Å². The van der Waals surface area contributed by atoms with Gasteiger partial charge in [0.25, 0.3) is 17.6 Å². The second kappa shape index (κ2) is 8.56. The molecule has 2 heterocycles. The number of carbonyl (C=O) groups excluding carboxylic acids is 2. The van der Waals surface area contributed by atoms with Gasteiger partial charge < -0.3 is 19.8 Å². The first-order valence-electron chi connectivity index (χ1n) is 7.81. The predicted octanol–water partition coefficient (Wildman–Crippen LogP) is 1.65. The molecule has 0 bridgehead atoms. The topological polar surface area (TPSA) is 124 Å². The highest BCUT2D eigenvalue weighted by Crippen LogP contribution is 2.17. The number of amides is 2. The SMILES string of the molecule is COCCNC(=O)c1nnn(-c2ccc(NC(=O)c3ccc(Br)o3)cc2)n1. The summed E-state index contributed by atoms with van der Waals surface area (Å²) in [6.45, 7) is 0.743. The molecular formula is C16H15BrN6O4. The van der Waals surface area contributed by atoms with Crippen molar-refractivity contribution in [2.45, 2.75) is 0 Å². The number of benzene rings is 1. The van der Waals surface area contributed by atoms with E-state index in [0.717, 1.165) is 0 Å². The van der Waals surface area contributed by atoms with Gasteiger partial charge in [-0.1, -0.05) is 0 Å². The Hall–Kier alpha value is -3.05. The van der Waals surface area contributed by atoms with E-state index in [4.69, 9.17) is 9.15 Å². The number of carbonyl (C=O) groups is 2. The van der Waals surface area contributed by atoms with Gasteiger partial charge in [-0.15, -0.1) is 15.0 Å². The lowest BCUT2D eigenvalue weighted by molar-refractivity contribution is 0.0926. The molecule has 3 rings (SSSR count). The van der Waals surface area contributed by atoms with E-state index in [-0.39, 0.29) is 17.5 Å². The largest absolute Gasteiger partial charge is 0.444 e. The van der Waals surface area contributed by atoms with Crippen LogP contribution in [0.15, 0.2) is 45.5 Å². The number of anilines is 1. The zero-order valence-corrected chi connectivity index (χ0v) is 15.8. The molecule has 0 spiro atoms. The Morgan fingerprint density at radius 2 is 1.96 bits per heavy atom. The summed E-state index contributed by atoms with van der Waals surface area (Å²) >= 11 is 3.15. The molecule has 2 aromatic heterocycles. The maximum atomic E-state index is 12.0. The van der Waals surface area contributed by atoms with Gasteiger partial charge in [0.2, 0.25) is 0 Å². The molecule has 0 fully saturated rings. The van der Waals surface area contributed by atoms with Crippen molar-refractivity contribution in [1.29, 1.82) is 0 Å². The van der Waals surface area contributed by atoms with Crippen LogP contribution in [0.4, 0.5) is 5.69 Å². The van der Waals surface area contributed by atoms with Gasteiger partial charge in [0.05, 0.1) is 12.3 Å². The molecule has 1 aromatic carbocycles. The minimum atomic E-state index is -0.438. The van der Waals surface area contributed by atoms with E-state index in [1.807, 2.05) is 0 Å². The molecule has 0 aliphatic carbocycles. The molecule has 0 unspecified atom stereocenters. The van der Waals surface area contributed by atoms with Crippen molar-refractivity contribution in [3.63, 3.8) is 0 Å². The maximum absolute atomic E-state index is 12.0. The molecule has 2 N–H and O–H groups in total. The lowest BCUT2D eigenvalue weighted by Crippen LogP contribution is -2.28. The summed E-state index contributed by atoms with van der Waals surface area (Å²) in [5.74, 6) is -0.672. The van der Waals surface area contributed by atoms with Crippen molar-refractivity contribution in [1.82, 2.24) is 25.5 Å². The molecule has 0 radical (unpaired) electrons. The summed E-state index contributed by atoms with van der Waals surface area (Å²) in [6.07, 6.45) is 0. The molecule has 0 aliphatic rings. The molecule has 27 heavy (non-hydrogen) atoms. The fraction of sp³-hybridized carbons (Fsp3) is 0.188. The highest BCUT2D eigenvalue weighted by Gasteiger charge is 2.14. The van der Waals surface area contributed by atoms with Crippen LogP contribution in [-0.4, -0.2) is 52.3 Å². The van der Waals surface area contributed by atoms with Gasteiger partial charge in [0, 0.05) is 19.3 Å². The number of methoxy groups -OCH3 is 1. The van der Waals surface area contributed by atoms with Crippen LogP contribution in [-0.2, 0) is 4.74 Å². The van der Waals surface area contributed by atoms with Gasteiger partial charge in [-0.05, 0) is 57.5 Å². The number of nitrogens with one attached hydrogen (secondary N) is 2. The molecule has 11 heteroatoms. The zero-order chi connectivity index (χ0) is 19.2. The lowest BCUT2D eigenvalue weighted by Gasteiger charge is -2.04. The average Bonchev–Trinajstić information content (AvgIpc) is 3.32. The molecule has 0 aliphatic heterocycles. The van der Waals surface area contributed by atoms with E-state index in [1.165, 1.54) is 4.80 Å². The van der Waals surface area contributed by atoms with Crippen LogP contribution in [0.3, 0.4) is 0 Å². The molecule has 10 nitrogen and oxygen atoms in total. The molecule has 2 amide bonds. The number of hydrogen-bond donors (Lipinski definition) is 2. The fourth-order valence-corrected chi connectivity index (χ4v) is 2.37. The molecule has 140 valence electrons. The Morgan fingerprint density at radius 3 is 2.63 bits per heavy atom. The van der Waals surface area contributed by atoms with Crippen molar-refractivity contribution in [2.24, 2.45) is 0 Å². The van der Waals surface area contributed by atoms with Gasteiger partial charge in [-0.2, -0.15) is 0 Å². The van der Waals surface area contributed by atoms with E-state index in [0.29, 0.717) is 29.2 Å². The quantitative estimate of drug-likeness (QED) is 0.541. The third-order valence-electron chi connectivity index (χ3n) is 3.36. The summed E-state index contributed by atoms with van der Waals surface area (Å²) in [7, 11) is 1.54. The second-order valence-electron chi connectivity index (χ2n) is 5.26. The van der Waals surface area contributed by atoms with Crippen LogP contribution in [0.2, 0.25) is 0 Å². The van der Waals surface area contributed by atoms with Gasteiger partial charge >= 0.3 is 0 Å². The van der Waals surface area contributed by atoms with Crippen LogP contribution in [0, 0.1) is 0 Å². The second-order valence-corrected chi connectivity index (χ2v) is 6.04. The first-order chi connectivity index (χ1) is 13.1. The Labute approximate surface area is 162 Å². The molecular weight excluding hydrogens is 420 g/mol. The average molecular weight is 435 g/mol. The minimum absolute atomic E-state index is 0.0492. The summed E-state index contributed by atoms with van der Waals surface area (Å²) in [5.41, 5.74) is 1.14. The van der Waals surface area contributed by atoms with Crippen molar-refractivity contribution < 1.29 is 18.7 Å². The van der Waals surface area contributed by atoms with E-state index < -0.39 is 5.91 Å². The monoisotopic (exact) mass is 434 g/mol. The molecule has 0 saturated heterocycles. The first-order valence-corrected chi connectivity index (χ1v) is 8.60. The van der Waals surface area contributed by atoms with Crippen LogP contribution in [0.5, 0.6) is 0 Å². The van der Waals surface area contributed by atoms with Crippen molar-refractivity contribution >= 4 is 33.4 Å². The number of rotatable bonds is 7. The van der Waals surface area contributed by atoms with E-state index >= 15 is 0 Å². The summed E-state index contributed by atoms with van der Waals surface area (Å²) in [4.78, 5) is 25.1. The number of furan rings is 1. The van der Waals surface area contributed by atoms with Crippen LogP contribution in [0.1, 0.15) is 21.2 Å². The molecule has 3 aromatic rings. The Morgan fingerprint density at radius 1 is 1.19 bits per heavy atom. The van der Waals surface area contributed by atoms with Gasteiger partial charge in [-0.3, -0.25) is 9.59 Å². The highest BCUT2D eigenvalue weighted by atomic mass is 79.9. The highest BCUT2D eigenvalue weighted by molar-refractivity contribution is 9.10. The van der Waals surface area contributed by atoms with E-state index in [2.05, 4.69) is 42.0 Å². The van der Waals surface area contributed by atoms with Gasteiger partial charge in [0.15, 0.2) is 10.4 Å². The third-order valence-corrected chi connectivity index (χ3v) is 3.79. The Kier molecular flexibility index (Phi) is 5.94. The first kappa shape index (κ1) is 18.7. The van der Waals surface area contributed by atoms with Crippen molar-refractivity contribution in [3.05, 3.63) is 52.7 Å². The van der Waals surface area contributed by atoms with Crippen LogP contribution >= 0.6 is 15.9 Å². The standard InChI is InChI=1S/C16H15BrN6O4/c1-26-9-8-18-16(25)14-20-22-23(21-14)11-4-2-10(3-5-11)19-15(24)12-6-7-13(17)27-12/h2-7H,8-9H2,1H3,(H,18,25)(H,19,24). The van der Waals surface area contributed by atoms with Crippen LogP contribution in [0.25, 0.3) is 5.69 Å². The van der Waals surface area contributed by atoms with Crippen molar-refractivity contribution in [3.8, 4) is 5.69 Å². The normalized spacial score (nSPS) is 10.6. The Bertz CT molecular complexity index is 937. The number of hydrogen-bond acceptors (Lipinski definition) is 7. The maximum Gasteiger partial charge on any atom is 0.292 e. The number of nitrogens with zero attached hydrogens (tertiary/aromatic N) is 4. The summed E-state index contributed by atoms with van der Waals surface area (Å²) < 4.78 is 10.5. The number of ether oxygens (including phenoxy) is 1. The van der Waals surface area contributed by atoms with E-state index in [1.54, 1.807) is 43.5 Å². The Balaban J connectivity index is 1.63. The predicted molar refractivity (Wildman–Crippen MR) is 97.7 cm³/mol. The number of halogens is 1. The van der Waals surface area contributed by atoms with Gasteiger partial charge in [-0.25, -0.2) is 0 Å². The van der Waals surface area contributed by atoms with Crippen LogP contribution < -0.4 is 10.6 Å². The minimum Gasteiger partial charge on any atom is -0.444 e. The number of tetrazole rings is 1. The molecule has 0 saturated carbocycles. The van der Waals surface area contributed by atoms with E-state index in [9.17, 15) is 9.59 Å². The number of aromatic nitrogens is 4.